The van der Waals surface area contributed by atoms with Gasteiger partial charge in [-0.15, -0.1) is 0 Å². The summed E-state index contributed by atoms with van der Waals surface area (Å²) < 4.78 is 5.78. The second-order valence-corrected chi connectivity index (χ2v) is 5.06. The number of anilines is 1. The van der Waals surface area contributed by atoms with Crippen LogP contribution >= 0.6 is 0 Å². The van der Waals surface area contributed by atoms with Crippen LogP contribution in [0.25, 0.3) is 0 Å². The third-order valence-electron chi connectivity index (χ3n) is 3.23. The number of rotatable bonds is 5. The van der Waals surface area contributed by atoms with Gasteiger partial charge in [-0.3, -0.25) is 10.2 Å². The molecular formula is C20H16N2O3. The molecule has 0 atom stereocenters. The van der Waals surface area contributed by atoms with Crippen LogP contribution in [0, 0.1) is 0 Å². The number of carbonyl (C=O) groups is 1. The van der Waals surface area contributed by atoms with Gasteiger partial charge in [0.2, 0.25) is 0 Å². The van der Waals surface area contributed by atoms with Crippen molar-refractivity contribution < 1.29 is 14.4 Å². The second kappa shape index (κ2) is 8.31. The van der Waals surface area contributed by atoms with Crippen molar-refractivity contribution in [3.05, 3.63) is 90.5 Å². The number of carbonyl (C=O) groups excluding carboxylic acids is 1. The Balaban J connectivity index is 1.62. The first-order chi connectivity index (χ1) is 12.3. The quantitative estimate of drug-likeness (QED) is 0.403. The van der Waals surface area contributed by atoms with Crippen molar-refractivity contribution in [3.63, 3.8) is 0 Å². The zero-order valence-corrected chi connectivity index (χ0v) is 13.3. The molecule has 0 aliphatic heterocycles. The second-order valence-electron chi connectivity index (χ2n) is 5.06. The molecule has 0 heterocycles. The average Bonchev–Trinajstić information content (AvgIpc) is 2.65. The van der Waals surface area contributed by atoms with E-state index < -0.39 is 6.09 Å². The van der Waals surface area contributed by atoms with Crippen molar-refractivity contribution in [1.29, 1.82) is 0 Å². The van der Waals surface area contributed by atoms with Crippen molar-refractivity contribution in [2.24, 2.45) is 5.16 Å². The number of para-hydroxylation sites is 3. The van der Waals surface area contributed by atoms with Crippen LogP contribution in [0.3, 0.4) is 0 Å². The fraction of sp³-hybridized carbons (Fsp3) is 0. The van der Waals surface area contributed by atoms with Gasteiger partial charge in [0.1, 0.15) is 5.75 Å². The molecule has 25 heavy (non-hydrogen) atoms. The van der Waals surface area contributed by atoms with Gasteiger partial charge in [-0.05, 0) is 29.8 Å². The Morgan fingerprint density at radius 3 is 2.24 bits per heavy atom. The van der Waals surface area contributed by atoms with Gasteiger partial charge in [0, 0.05) is 0 Å². The number of oxime groups is 1. The highest BCUT2D eigenvalue weighted by atomic mass is 16.7. The summed E-state index contributed by atoms with van der Waals surface area (Å²) in [4.78, 5) is 16.7. The lowest BCUT2D eigenvalue weighted by molar-refractivity contribution is 0.167. The lowest BCUT2D eigenvalue weighted by atomic mass is 10.2. The third-order valence-corrected chi connectivity index (χ3v) is 3.23. The smallest absolute Gasteiger partial charge is 0.437 e. The van der Waals surface area contributed by atoms with E-state index in [9.17, 15) is 4.79 Å². The highest BCUT2D eigenvalue weighted by Crippen LogP contribution is 2.29. The van der Waals surface area contributed by atoms with Gasteiger partial charge in [0.05, 0.1) is 11.9 Å². The van der Waals surface area contributed by atoms with Gasteiger partial charge in [-0.2, -0.15) is 0 Å². The SMILES string of the molecule is O=C(Nc1ccccc1Oc1ccccc1)ON=Cc1ccccc1. The largest absolute Gasteiger partial charge is 0.455 e. The number of nitrogens with one attached hydrogen (secondary N) is 1. The number of hydrogen-bond donors (Lipinski definition) is 1. The zero-order chi connectivity index (χ0) is 17.3. The van der Waals surface area contributed by atoms with Gasteiger partial charge < -0.3 is 4.74 Å². The lowest BCUT2D eigenvalue weighted by Gasteiger charge is -2.11. The fourth-order valence-electron chi connectivity index (χ4n) is 2.08. The molecule has 0 fully saturated rings. The number of benzene rings is 3. The maximum absolute atomic E-state index is 11.9. The van der Waals surface area contributed by atoms with Crippen LogP contribution in [0.4, 0.5) is 10.5 Å². The molecule has 0 spiro atoms. The van der Waals surface area contributed by atoms with Crippen LogP contribution in [-0.4, -0.2) is 12.3 Å². The normalized spacial score (nSPS) is 10.4. The van der Waals surface area contributed by atoms with E-state index in [1.54, 1.807) is 18.2 Å². The number of amides is 1. The van der Waals surface area contributed by atoms with Gasteiger partial charge in [-0.25, -0.2) is 4.79 Å². The zero-order valence-electron chi connectivity index (χ0n) is 13.3. The van der Waals surface area contributed by atoms with E-state index in [0.717, 1.165) is 5.56 Å². The lowest BCUT2D eigenvalue weighted by Crippen LogP contribution is -2.11. The Bertz CT molecular complexity index is 849. The molecule has 3 aromatic rings. The minimum absolute atomic E-state index is 0.492. The fourth-order valence-corrected chi connectivity index (χ4v) is 2.08. The molecule has 5 nitrogen and oxygen atoms in total. The van der Waals surface area contributed by atoms with Crippen LogP contribution in [0.2, 0.25) is 0 Å². The topological polar surface area (TPSA) is 59.9 Å². The van der Waals surface area contributed by atoms with E-state index in [0.29, 0.717) is 17.2 Å². The average molecular weight is 332 g/mol. The van der Waals surface area contributed by atoms with Crippen LogP contribution in [-0.2, 0) is 4.84 Å². The Hall–Kier alpha value is -3.60. The first-order valence-corrected chi connectivity index (χ1v) is 7.69. The van der Waals surface area contributed by atoms with Crippen molar-refractivity contribution in [2.75, 3.05) is 5.32 Å². The summed E-state index contributed by atoms with van der Waals surface area (Å²) in [6, 6.07) is 25.8. The highest BCUT2D eigenvalue weighted by molar-refractivity contribution is 5.87. The molecule has 5 heteroatoms. The summed E-state index contributed by atoms with van der Waals surface area (Å²) in [7, 11) is 0. The van der Waals surface area contributed by atoms with Crippen molar-refractivity contribution in [3.8, 4) is 11.5 Å². The maximum atomic E-state index is 11.9. The first kappa shape index (κ1) is 16.3. The number of ether oxygens (including phenoxy) is 1. The van der Waals surface area contributed by atoms with E-state index in [1.165, 1.54) is 6.21 Å². The van der Waals surface area contributed by atoms with Gasteiger partial charge in [0.25, 0.3) is 0 Å². The van der Waals surface area contributed by atoms with E-state index >= 15 is 0 Å². The standard InChI is InChI=1S/C20H16N2O3/c23-20(25-21-15-16-9-3-1-4-10-16)22-18-13-7-8-14-19(18)24-17-11-5-2-6-12-17/h1-15H,(H,22,23). The van der Waals surface area contributed by atoms with Gasteiger partial charge in [0.15, 0.2) is 5.75 Å². The maximum Gasteiger partial charge on any atom is 0.437 e. The summed E-state index contributed by atoms with van der Waals surface area (Å²) in [5, 5.41) is 6.29. The Kier molecular flexibility index (Phi) is 5.40. The molecule has 0 aromatic heterocycles. The van der Waals surface area contributed by atoms with Crippen molar-refractivity contribution in [2.45, 2.75) is 0 Å². The molecule has 3 rings (SSSR count). The van der Waals surface area contributed by atoms with Crippen LogP contribution in [0.15, 0.2) is 90.1 Å². The summed E-state index contributed by atoms with van der Waals surface area (Å²) in [5.41, 5.74) is 1.33. The Morgan fingerprint density at radius 2 is 1.48 bits per heavy atom. The van der Waals surface area contributed by atoms with Crippen LogP contribution in [0.5, 0.6) is 11.5 Å². The van der Waals surface area contributed by atoms with E-state index in [4.69, 9.17) is 9.57 Å². The molecule has 0 aliphatic rings. The Morgan fingerprint density at radius 1 is 0.840 bits per heavy atom. The summed E-state index contributed by atoms with van der Waals surface area (Å²) in [5.74, 6) is 1.19. The molecule has 1 amide bonds. The predicted octanol–water partition coefficient (Wildman–Crippen LogP) is 5.06. The molecule has 0 bridgehead atoms. The molecule has 0 saturated heterocycles. The molecule has 0 radical (unpaired) electrons. The van der Waals surface area contributed by atoms with E-state index in [-0.39, 0.29) is 0 Å². The predicted molar refractivity (Wildman–Crippen MR) is 97.1 cm³/mol. The molecule has 0 unspecified atom stereocenters. The minimum Gasteiger partial charge on any atom is -0.455 e. The highest BCUT2D eigenvalue weighted by Gasteiger charge is 2.09. The molecular weight excluding hydrogens is 316 g/mol. The monoisotopic (exact) mass is 332 g/mol. The van der Waals surface area contributed by atoms with Crippen molar-refractivity contribution in [1.82, 2.24) is 0 Å². The van der Waals surface area contributed by atoms with Crippen LogP contribution < -0.4 is 10.1 Å². The third kappa shape index (κ3) is 4.94. The van der Waals surface area contributed by atoms with E-state index in [2.05, 4.69) is 10.5 Å². The Labute approximate surface area is 145 Å². The van der Waals surface area contributed by atoms with Gasteiger partial charge >= 0.3 is 6.09 Å². The number of nitrogens with zero attached hydrogens (tertiary/aromatic N) is 1. The first-order valence-electron chi connectivity index (χ1n) is 7.69. The van der Waals surface area contributed by atoms with Gasteiger partial charge in [-0.1, -0.05) is 65.8 Å². The summed E-state index contributed by atoms with van der Waals surface area (Å²) >= 11 is 0. The summed E-state index contributed by atoms with van der Waals surface area (Å²) in [6.07, 6.45) is 0.766. The van der Waals surface area contributed by atoms with Crippen molar-refractivity contribution >= 4 is 18.0 Å². The minimum atomic E-state index is -0.698. The molecule has 0 saturated carbocycles. The molecule has 1 N–H and O–H groups in total. The summed E-state index contributed by atoms with van der Waals surface area (Å²) in [6.45, 7) is 0. The molecule has 124 valence electrons. The van der Waals surface area contributed by atoms with Crippen LogP contribution in [0.1, 0.15) is 5.56 Å². The van der Waals surface area contributed by atoms with E-state index in [1.807, 2.05) is 66.7 Å². The number of hydrogen-bond acceptors (Lipinski definition) is 4. The molecule has 0 aliphatic carbocycles. The molecule has 3 aromatic carbocycles.